The van der Waals surface area contributed by atoms with Crippen molar-refractivity contribution in [1.29, 1.82) is 0 Å². The zero-order valence-corrected chi connectivity index (χ0v) is 26.9. The zero-order valence-electron chi connectivity index (χ0n) is 24.1. The number of carbonyl (C=O) groups is 1. The monoisotopic (exact) mass is 554 g/mol. The van der Waals surface area contributed by atoms with E-state index in [4.69, 9.17) is 0 Å². The molecule has 0 amide bonds. The third-order valence-corrected chi connectivity index (χ3v) is 14.4. The van der Waals surface area contributed by atoms with E-state index >= 15 is 0 Å². The van der Waals surface area contributed by atoms with E-state index in [1.165, 1.54) is 37.7 Å². The first-order valence-corrected chi connectivity index (χ1v) is 14.2. The van der Waals surface area contributed by atoms with Crippen molar-refractivity contribution in [1.82, 2.24) is 0 Å². The Morgan fingerprint density at radius 3 is 2.11 bits per heavy atom. The molecule has 1 radical (unpaired) electrons. The van der Waals surface area contributed by atoms with Crippen molar-refractivity contribution in [3.63, 3.8) is 0 Å². The van der Waals surface area contributed by atoms with Crippen LogP contribution in [-0.2, 0) is 42.3 Å². The number of allylic oxidation sites excluding steroid dienone is 2. The number of hydrogen-bond acceptors (Lipinski definition) is 2. The second-order valence-corrected chi connectivity index (χ2v) is 15.6. The summed E-state index contributed by atoms with van der Waals surface area (Å²) < 4.78 is 0. The summed E-state index contributed by atoms with van der Waals surface area (Å²) in [4.78, 5) is 26.5. The standard InChI is InChI=1S/C32H49O2.Y/c1-21-10-12-30(7)24(26(21,2)3)11-13-31(8)29(6)17-16-28(5)15-14-27(4,20-33)19-23(28)22(29)18-25(34)32(30,31)9;/h18,21,23-24H,10-17,19H2,1-9H3;/q-1;/t21?,23?,24?,27-,28?,29+,30?,31?,32?;/m0./s1. The van der Waals surface area contributed by atoms with E-state index in [0.29, 0.717) is 23.5 Å². The first-order valence-electron chi connectivity index (χ1n) is 14.2. The van der Waals surface area contributed by atoms with E-state index in [-0.39, 0.29) is 70.6 Å². The second kappa shape index (κ2) is 8.10. The number of rotatable bonds is 1. The molecule has 0 heterocycles. The van der Waals surface area contributed by atoms with Gasteiger partial charge in [-0.2, -0.15) is 0 Å². The molecule has 0 N–H and O–H groups in total. The number of ketones is 1. The predicted molar refractivity (Wildman–Crippen MR) is 139 cm³/mol. The molecule has 0 aliphatic heterocycles. The molecule has 9 atom stereocenters. The van der Waals surface area contributed by atoms with E-state index in [2.05, 4.69) is 74.7 Å². The molecule has 3 heteroatoms. The maximum absolute atomic E-state index is 14.6. The zero-order chi connectivity index (χ0) is 25.2. The normalized spacial score (nSPS) is 54.7. The van der Waals surface area contributed by atoms with Gasteiger partial charge in [0, 0.05) is 38.1 Å². The van der Waals surface area contributed by atoms with Crippen LogP contribution in [0.4, 0.5) is 0 Å². The number of hydrogen-bond donors (Lipinski definition) is 0. The first-order chi connectivity index (χ1) is 15.5. The largest absolute Gasteiger partial charge is 0.541 e. The van der Waals surface area contributed by atoms with E-state index in [0.717, 1.165) is 25.7 Å². The molecule has 5 rings (SSSR count). The number of fused-ring (bicyclic) bond motifs is 7. The average molecular weight is 555 g/mol. The van der Waals surface area contributed by atoms with Crippen LogP contribution >= 0.6 is 0 Å². The molecule has 0 spiro atoms. The topological polar surface area (TPSA) is 34.1 Å². The van der Waals surface area contributed by atoms with Gasteiger partial charge in [0.2, 0.25) is 0 Å². The molecule has 7 unspecified atom stereocenters. The smallest absolute Gasteiger partial charge is 0.162 e. The van der Waals surface area contributed by atoms with Crippen LogP contribution in [0.1, 0.15) is 120 Å². The summed E-state index contributed by atoms with van der Waals surface area (Å²) in [5, 5.41) is 0. The first kappa shape index (κ1) is 28.2. The quantitative estimate of drug-likeness (QED) is 0.307. The third-order valence-electron chi connectivity index (χ3n) is 14.4. The Bertz CT molecular complexity index is 967. The van der Waals surface area contributed by atoms with Crippen molar-refractivity contribution in [3.8, 4) is 0 Å². The van der Waals surface area contributed by atoms with Crippen LogP contribution in [0.3, 0.4) is 0 Å². The molecule has 193 valence electrons. The molecular formula is C32H49O2Y-. The molecule has 2 nitrogen and oxygen atoms in total. The Hall–Kier alpha value is 0.184. The fourth-order valence-electron chi connectivity index (χ4n) is 10.8. The van der Waals surface area contributed by atoms with Gasteiger partial charge in [-0.25, -0.2) is 0 Å². The summed E-state index contributed by atoms with van der Waals surface area (Å²) in [5.74, 6) is 2.01. The van der Waals surface area contributed by atoms with Crippen LogP contribution in [0.25, 0.3) is 0 Å². The fraction of sp³-hybridized carbons (Fsp3) is 0.875. The maximum Gasteiger partial charge on any atom is 0.162 e. The van der Waals surface area contributed by atoms with Gasteiger partial charge in [-0.15, -0.1) is 5.41 Å². The average Bonchev–Trinajstić information content (AvgIpc) is 2.77. The van der Waals surface area contributed by atoms with Gasteiger partial charge in [0.05, 0.1) is 0 Å². The van der Waals surface area contributed by atoms with Crippen molar-refractivity contribution in [2.45, 2.75) is 120 Å². The molecule has 0 saturated heterocycles. The molecule has 4 saturated carbocycles. The fourth-order valence-corrected chi connectivity index (χ4v) is 10.8. The van der Waals surface area contributed by atoms with Crippen LogP contribution in [0, 0.1) is 55.7 Å². The van der Waals surface area contributed by atoms with Gasteiger partial charge in [-0.05, 0) is 95.9 Å². The maximum atomic E-state index is 14.6. The molecule has 4 fully saturated rings. The van der Waals surface area contributed by atoms with Gasteiger partial charge in [0.15, 0.2) is 5.78 Å². The summed E-state index contributed by atoms with van der Waals surface area (Å²) in [5.41, 5.74) is 1.14. The van der Waals surface area contributed by atoms with E-state index in [1.807, 2.05) is 0 Å². The van der Waals surface area contributed by atoms with Crippen molar-refractivity contribution in [3.05, 3.63) is 11.6 Å². The summed E-state index contributed by atoms with van der Waals surface area (Å²) in [7, 11) is 0. The van der Waals surface area contributed by atoms with Crippen LogP contribution < -0.4 is 0 Å². The molecular weight excluding hydrogens is 505 g/mol. The minimum atomic E-state index is -0.374. The molecule has 5 aliphatic rings. The minimum Gasteiger partial charge on any atom is -0.541 e. The summed E-state index contributed by atoms with van der Waals surface area (Å²) in [6.45, 7) is 21.8. The van der Waals surface area contributed by atoms with Gasteiger partial charge in [-0.3, -0.25) is 11.1 Å². The van der Waals surface area contributed by atoms with E-state index < -0.39 is 0 Å². The van der Waals surface area contributed by atoms with Crippen molar-refractivity contribution in [2.75, 3.05) is 0 Å². The van der Waals surface area contributed by atoms with E-state index in [1.54, 1.807) is 0 Å². The van der Waals surface area contributed by atoms with Crippen molar-refractivity contribution < 1.29 is 42.3 Å². The van der Waals surface area contributed by atoms with E-state index in [9.17, 15) is 9.59 Å². The van der Waals surface area contributed by atoms with Crippen molar-refractivity contribution in [2.24, 2.45) is 55.7 Å². The number of carbonyl (C=O) groups excluding carboxylic acids is 2. The van der Waals surface area contributed by atoms with Crippen LogP contribution in [0.5, 0.6) is 0 Å². The van der Waals surface area contributed by atoms with Crippen molar-refractivity contribution >= 4 is 12.1 Å². The molecule has 0 aromatic heterocycles. The summed E-state index contributed by atoms with van der Waals surface area (Å²) >= 11 is 0. The molecule has 0 aromatic carbocycles. The van der Waals surface area contributed by atoms with Gasteiger partial charge in [0.25, 0.3) is 0 Å². The molecule has 0 bridgehead atoms. The van der Waals surface area contributed by atoms with Gasteiger partial charge >= 0.3 is 0 Å². The Morgan fingerprint density at radius 2 is 1.49 bits per heavy atom. The molecule has 5 aliphatic carbocycles. The van der Waals surface area contributed by atoms with Gasteiger partial charge in [-0.1, -0.05) is 80.7 Å². The molecule has 0 aromatic rings. The third kappa shape index (κ3) is 3.20. The van der Waals surface area contributed by atoms with Gasteiger partial charge in [0.1, 0.15) is 0 Å². The Morgan fingerprint density at radius 1 is 0.857 bits per heavy atom. The predicted octanol–water partition coefficient (Wildman–Crippen LogP) is 8.10. The Labute approximate surface area is 240 Å². The van der Waals surface area contributed by atoms with Gasteiger partial charge < -0.3 is 4.79 Å². The minimum absolute atomic E-state index is 0. The Kier molecular flexibility index (Phi) is 6.52. The summed E-state index contributed by atoms with van der Waals surface area (Å²) in [6, 6.07) is 0. The molecule has 35 heavy (non-hydrogen) atoms. The van der Waals surface area contributed by atoms with Crippen LogP contribution in [-0.4, -0.2) is 12.1 Å². The Balaban J connectivity index is 0.00000289. The van der Waals surface area contributed by atoms with Crippen LogP contribution in [0.2, 0.25) is 0 Å². The summed E-state index contributed by atoms with van der Waals surface area (Å²) in [6.07, 6.45) is 14.6. The SMILES string of the molecule is CC1CCC2(C)C(CCC3(C)C2(C)C(=O)C=C2C4C[C@@](C)([C-]=O)CCC4(C)CC[C@]23C)C1(C)C.[Y]. The second-order valence-electron chi connectivity index (χ2n) is 15.6. The van der Waals surface area contributed by atoms with Crippen LogP contribution in [0.15, 0.2) is 11.6 Å².